The van der Waals surface area contributed by atoms with E-state index in [0.717, 1.165) is 4.90 Å². The quantitative estimate of drug-likeness (QED) is 0.702. The molecular weight excluding hydrogens is 253 g/mol. The van der Waals surface area contributed by atoms with Gasteiger partial charge in [0.15, 0.2) is 0 Å². The zero-order valence-corrected chi connectivity index (χ0v) is 9.47. The number of hydrogen-bond donors (Lipinski definition) is 0. The van der Waals surface area contributed by atoms with Crippen molar-refractivity contribution in [3.8, 4) is 0 Å². The van der Waals surface area contributed by atoms with E-state index in [0.29, 0.717) is 0 Å². The molecule has 6 heteroatoms. The molecule has 1 aliphatic heterocycles. The molecule has 0 radical (unpaired) electrons. The van der Waals surface area contributed by atoms with Crippen LogP contribution in [0.15, 0.2) is 24.3 Å². The van der Waals surface area contributed by atoms with Crippen molar-refractivity contribution in [3.63, 3.8) is 0 Å². The molecule has 100 valence electrons. The summed E-state index contributed by atoms with van der Waals surface area (Å²) in [5.74, 6) is -3.06. The van der Waals surface area contributed by atoms with Crippen molar-refractivity contribution in [2.75, 3.05) is 13.1 Å². The summed E-state index contributed by atoms with van der Waals surface area (Å²) in [5, 5.41) is 0. The van der Waals surface area contributed by atoms with Crippen LogP contribution in [-0.4, -0.2) is 24.2 Å². The summed E-state index contributed by atoms with van der Waals surface area (Å²) in [6.45, 7) is -1.51. The first-order chi connectivity index (χ1) is 8.28. The predicted octanol–water partition coefficient (Wildman–Crippen LogP) is 3.55. The van der Waals surface area contributed by atoms with Crippen molar-refractivity contribution in [1.82, 2.24) is 4.90 Å². The maximum Gasteiger partial charge on any atom is 0.401 e. The Hall–Kier alpha value is -1.17. The number of nitrogens with zero attached hydrogens (tertiary/aromatic N) is 1. The van der Waals surface area contributed by atoms with Gasteiger partial charge in [-0.2, -0.15) is 13.2 Å². The normalized spacial score (nSPS) is 20.3. The summed E-state index contributed by atoms with van der Waals surface area (Å²) in [6.07, 6.45) is -4.95. The SMILES string of the molecule is FC(F)(F)CN1CCC(F)(F)c2ccccc2C1. The second-order valence-corrected chi connectivity index (χ2v) is 4.44. The Balaban J connectivity index is 2.26. The molecule has 0 spiro atoms. The van der Waals surface area contributed by atoms with E-state index in [-0.39, 0.29) is 24.2 Å². The molecule has 0 atom stereocenters. The van der Waals surface area contributed by atoms with Gasteiger partial charge in [-0.1, -0.05) is 24.3 Å². The van der Waals surface area contributed by atoms with Gasteiger partial charge in [-0.3, -0.25) is 4.90 Å². The minimum atomic E-state index is -4.37. The lowest BCUT2D eigenvalue weighted by atomic mass is 10.0. The molecule has 1 aromatic rings. The van der Waals surface area contributed by atoms with Crippen molar-refractivity contribution in [1.29, 1.82) is 0 Å². The molecule has 0 saturated heterocycles. The van der Waals surface area contributed by atoms with Crippen LogP contribution in [0.3, 0.4) is 0 Å². The average Bonchev–Trinajstić information content (AvgIpc) is 2.35. The molecule has 18 heavy (non-hydrogen) atoms. The lowest BCUT2D eigenvalue weighted by Gasteiger charge is -2.21. The fourth-order valence-corrected chi connectivity index (χ4v) is 2.16. The zero-order chi connectivity index (χ0) is 13.4. The second-order valence-electron chi connectivity index (χ2n) is 4.44. The molecule has 1 nitrogen and oxygen atoms in total. The topological polar surface area (TPSA) is 3.24 Å². The number of rotatable bonds is 1. The van der Waals surface area contributed by atoms with Crippen molar-refractivity contribution in [2.24, 2.45) is 0 Å². The average molecular weight is 265 g/mol. The highest BCUT2D eigenvalue weighted by Gasteiger charge is 2.39. The summed E-state index contributed by atoms with van der Waals surface area (Å²) in [5.41, 5.74) is 0.110. The van der Waals surface area contributed by atoms with Gasteiger partial charge in [0, 0.05) is 25.1 Å². The summed E-state index contributed by atoms with van der Waals surface area (Å²) >= 11 is 0. The van der Waals surface area contributed by atoms with Crippen LogP contribution in [0.25, 0.3) is 0 Å². The van der Waals surface area contributed by atoms with E-state index in [9.17, 15) is 22.0 Å². The standard InChI is InChI=1S/C12H12F5N/c13-11(14)5-6-18(8-12(15,16)17)7-9-3-1-2-4-10(9)11/h1-4H,5-8H2. The van der Waals surface area contributed by atoms with E-state index >= 15 is 0 Å². The first kappa shape index (κ1) is 13.3. The van der Waals surface area contributed by atoms with Gasteiger partial charge in [-0.05, 0) is 5.56 Å². The fraction of sp³-hybridized carbons (Fsp3) is 0.500. The Morgan fingerprint density at radius 2 is 1.83 bits per heavy atom. The number of alkyl halides is 5. The third-order valence-corrected chi connectivity index (χ3v) is 2.95. The van der Waals surface area contributed by atoms with Gasteiger partial charge in [0.25, 0.3) is 5.92 Å². The highest BCUT2D eigenvalue weighted by molar-refractivity contribution is 5.31. The molecule has 0 amide bonds. The van der Waals surface area contributed by atoms with Crippen molar-refractivity contribution in [3.05, 3.63) is 35.4 Å². The second kappa shape index (κ2) is 4.50. The molecule has 0 saturated carbocycles. The number of fused-ring (bicyclic) bond motifs is 1. The van der Waals surface area contributed by atoms with Crippen LogP contribution in [-0.2, 0) is 12.5 Å². The van der Waals surface area contributed by atoms with Crippen molar-refractivity contribution in [2.45, 2.75) is 25.1 Å². The minimum Gasteiger partial charge on any atom is -0.290 e. The van der Waals surface area contributed by atoms with Crippen LogP contribution in [0.2, 0.25) is 0 Å². The van der Waals surface area contributed by atoms with Crippen LogP contribution in [0.5, 0.6) is 0 Å². The Kier molecular flexibility index (Phi) is 3.31. The van der Waals surface area contributed by atoms with Gasteiger partial charge in [0.1, 0.15) is 0 Å². The summed E-state index contributed by atoms with van der Waals surface area (Å²) in [6, 6.07) is 5.78. The number of halogens is 5. The molecule has 0 aromatic heterocycles. The van der Waals surface area contributed by atoms with Crippen LogP contribution in [0.4, 0.5) is 22.0 Å². The summed E-state index contributed by atoms with van der Waals surface area (Å²) < 4.78 is 64.4. The predicted molar refractivity (Wildman–Crippen MR) is 56.3 cm³/mol. The molecular formula is C12H12F5N. The van der Waals surface area contributed by atoms with Crippen LogP contribution < -0.4 is 0 Å². The van der Waals surface area contributed by atoms with E-state index in [1.165, 1.54) is 18.2 Å². The van der Waals surface area contributed by atoms with E-state index in [1.54, 1.807) is 6.07 Å². The first-order valence-electron chi connectivity index (χ1n) is 5.53. The Morgan fingerprint density at radius 1 is 1.17 bits per heavy atom. The van der Waals surface area contributed by atoms with Crippen LogP contribution in [0.1, 0.15) is 17.5 Å². The molecule has 0 aliphatic carbocycles. The van der Waals surface area contributed by atoms with Gasteiger partial charge < -0.3 is 0 Å². The van der Waals surface area contributed by atoms with E-state index in [4.69, 9.17) is 0 Å². The summed E-state index contributed by atoms with van der Waals surface area (Å²) in [4.78, 5) is 1.01. The van der Waals surface area contributed by atoms with Gasteiger partial charge in [0.05, 0.1) is 6.54 Å². The Morgan fingerprint density at radius 3 is 2.50 bits per heavy atom. The molecule has 1 aromatic carbocycles. The zero-order valence-electron chi connectivity index (χ0n) is 9.47. The molecule has 0 N–H and O–H groups in total. The van der Waals surface area contributed by atoms with E-state index in [2.05, 4.69) is 0 Å². The number of hydrogen-bond acceptors (Lipinski definition) is 1. The molecule has 1 heterocycles. The van der Waals surface area contributed by atoms with Gasteiger partial charge >= 0.3 is 6.18 Å². The third kappa shape index (κ3) is 2.98. The van der Waals surface area contributed by atoms with Crippen LogP contribution in [0, 0.1) is 0 Å². The number of benzene rings is 1. The van der Waals surface area contributed by atoms with E-state index in [1.807, 2.05) is 0 Å². The maximum atomic E-state index is 13.8. The highest BCUT2D eigenvalue weighted by Crippen LogP contribution is 2.37. The first-order valence-corrected chi connectivity index (χ1v) is 5.53. The largest absolute Gasteiger partial charge is 0.401 e. The summed E-state index contributed by atoms with van der Waals surface area (Å²) in [7, 11) is 0. The lowest BCUT2D eigenvalue weighted by molar-refractivity contribution is -0.148. The maximum absolute atomic E-state index is 13.8. The molecule has 0 bridgehead atoms. The third-order valence-electron chi connectivity index (χ3n) is 2.95. The van der Waals surface area contributed by atoms with Crippen molar-refractivity contribution < 1.29 is 22.0 Å². The Bertz CT molecular complexity index is 427. The van der Waals surface area contributed by atoms with Crippen LogP contribution >= 0.6 is 0 Å². The molecule has 1 aliphatic rings. The Labute approximate surface area is 101 Å². The monoisotopic (exact) mass is 265 g/mol. The molecule has 0 unspecified atom stereocenters. The van der Waals surface area contributed by atoms with Gasteiger partial charge in [0.2, 0.25) is 0 Å². The van der Waals surface area contributed by atoms with Crippen molar-refractivity contribution >= 4 is 0 Å². The molecule has 2 rings (SSSR count). The lowest BCUT2D eigenvalue weighted by Crippen LogP contribution is -2.34. The fourth-order valence-electron chi connectivity index (χ4n) is 2.16. The van der Waals surface area contributed by atoms with E-state index < -0.39 is 25.1 Å². The minimum absolute atomic E-state index is 0.0920. The molecule has 0 fully saturated rings. The smallest absolute Gasteiger partial charge is 0.290 e. The highest BCUT2D eigenvalue weighted by atomic mass is 19.4. The van der Waals surface area contributed by atoms with Gasteiger partial charge in [-0.15, -0.1) is 0 Å². The van der Waals surface area contributed by atoms with Gasteiger partial charge in [-0.25, -0.2) is 8.78 Å².